The summed E-state index contributed by atoms with van der Waals surface area (Å²) in [6, 6.07) is 21.5. The zero-order chi connectivity index (χ0) is 23.5. The Morgan fingerprint density at radius 1 is 1.00 bits per heavy atom. The molecule has 0 saturated carbocycles. The second-order valence-electron chi connectivity index (χ2n) is 7.66. The maximum atomic E-state index is 13.5. The molecule has 2 aromatic carbocycles. The first-order valence-corrected chi connectivity index (χ1v) is 11.5. The van der Waals surface area contributed by atoms with E-state index in [1.54, 1.807) is 31.6 Å². The molecule has 1 amide bonds. The van der Waals surface area contributed by atoms with Crippen LogP contribution < -0.4 is 5.32 Å². The monoisotopic (exact) mass is 469 g/mol. The van der Waals surface area contributed by atoms with Gasteiger partial charge in [-0.2, -0.15) is 0 Å². The third kappa shape index (κ3) is 4.49. The Bertz CT molecular complexity index is 1430. The molecular weight excluding hydrogens is 449 g/mol. The van der Waals surface area contributed by atoms with E-state index in [2.05, 4.69) is 20.3 Å². The van der Waals surface area contributed by atoms with E-state index in [9.17, 15) is 9.18 Å². The highest BCUT2D eigenvalue weighted by molar-refractivity contribution is 7.17. The predicted octanol–water partition coefficient (Wildman–Crippen LogP) is 5.82. The fourth-order valence-corrected chi connectivity index (χ4v) is 4.54. The first kappa shape index (κ1) is 21.7. The van der Waals surface area contributed by atoms with E-state index < -0.39 is 0 Å². The first-order chi connectivity index (χ1) is 16.6. The predicted molar refractivity (Wildman–Crippen MR) is 131 cm³/mol. The lowest BCUT2D eigenvalue weighted by atomic mass is 10.1. The minimum Gasteiger partial charge on any atom is -0.312 e. The van der Waals surface area contributed by atoms with Gasteiger partial charge in [-0.05, 0) is 48.9 Å². The Morgan fingerprint density at radius 3 is 2.50 bits per heavy atom. The van der Waals surface area contributed by atoms with Crippen molar-refractivity contribution >= 4 is 23.1 Å². The van der Waals surface area contributed by atoms with E-state index in [0.29, 0.717) is 39.2 Å². The molecular formula is C26H20FN5OS. The second-order valence-corrected chi connectivity index (χ2v) is 8.66. The van der Waals surface area contributed by atoms with Gasteiger partial charge >= 0.3 is 0 Å². The number of carbonyl (C=O) groups is 1. The highest BCUT2D eigenvalue weighted by Crippen LogP contribution is 2.31. The van der Waals surface area contributed by atoms with Crippen LogP contribution in [-0.2, 0) is 6.54 Å². The van der Waals surface area contributed by atoms with Gasteiger partial charge in [-0.25, -0.2) is 14.4 Å². The van der Waals surface area contributed by atoms with Gasteiger partial charge in [0.1, 0.15) is 27.2 Å². The van der Waals surface area contributed by atoms with Gasteiger partial charge in [0.2, 0.25) is 0 Å². The number of aryl methyl sites for hydroxylation is 1. The Morgan fingerprint density at radius 2 is 1.76 bits per heavy atom. The quantitative estimate of drug-likeness (QED) is 0.340. The molecule has 34 heavy (non-hydrogen) atoms. The van der Waals surface area contributed by atoms with E-state index in [0.717, 1.165) is 11.3 Å². The van der Waals surface area contributed by atoms with Gasteiger partial charge in [-0.1, -0.05) is 36.4 Å². The largest absolute Gasteiger partial charge is 0.312 e. The van der Waals surface area contributed by atoms with Gasteiger partial charge in [-0.3, -0.25) is 9.78 Å². The lowest BCUT2D eigenvalue weighted by Gasteiger charge is -2.12. The van der Waals surface area contributed by atoms with Crippen LogP contribution in [0.2, 0.25) is 0 Å². The lowest BCUT2D eigenvalue weighted by molar-refractivity contribution is 0.102. The minimum absolute atomic E-state index is 0.282. The van der Waals surface area contributed by atoms with Crippen LogP contribution in [0.3, 0.4) is 0 Å². The number of hydrogen-bond acceptors (Lipinski definition) is 5. The molecule has 0 aliphatic carbocycles. The smallest absolute Gasteiger partial charge is 0.268 e. The molecule has 0 fully saturated rings. The standard InChI is InChI=1S/C26H20FN5OS/c1-17-23(34-26(30-17)21-9-5-6-14-28-21)25(33)31-24-22(19-10-12-20(27)13-11-19)29-16-32(24)15-18-7-3-2-4-8-18/h2-14,16H,15H2,1H3,(H,31,33). The van der Waals surface area contributed by atoms with Gasteiger partial charge in [0.15, 0.2) is 0 Å². The third-order valence-electron chi connectivity index (χ3n) is 5.27. The zero-order valence-electron chi connectivity index (χ0n) is 18.3. The number of benzene rings is 2. The van der Waals surface area contributed by atoms with Gasteiger partial charge in [0.05, 0.1) is 24.3 Å². The van der Waals surface area contributed by atoms with Crippen LogP contribution >= 0.6 is 11.3 Å². The molecule has 3 heterocycles. The molecule has 5 rings (SSSR count). The number of hydrogen-bond donors (Lipinski definition) is 1. The second kappa shape index (κ2) is 9.36. The number of nitrogens with zero attached hydrogens (tertiary/aromatic N) is 4. The van der Waals surface area contributed by atoms with Crippen molar-refractivity contribution in [2.45, 2.75) is 13.5 Å². The number of halogens is 1. The van der Waals surface area contributed by atoms with Crippen molar-refractivity contribution in [3.63, 3.8) is 0 Å². The molecule has 0 bridgehead atoms. The maximum Gasteiger partial charge on any atom is 0.268 e. The summed E-state index contributed by atoms with van der Waals surface area (Å²) in [5, 5.41) is 3.71. The van der Waals surface area contributed by atoms with Crippen molar-refractivity contribution in [3.8, 4) is 22.0 Å². The van der Waals surface area contributed by atoms with Gasteiger partial charge < -0.3 is 9.88 Å². The van der Waals surface area contributed by atoms with Crippen molar-refractivity contribution in [3.05, 3.63) is 107 Å². The molecule has 0 unspecified atom stereocenters. The molecule has 0 spiro atoms. The number of carbonyl (C=O) groups excluding carboxylic acids is 1. The van der Waals surface area contributed by atoms with Gasteiger partial charge in [-0.15, -0.1) is 11.3 Å². The number of imidazole rings is 1. The van der Waals surface area contributed by atoms with Crippen LogP contribution in [0.25, 0.3) is 22.0 Å². The van der Waals surface area contributed by atoms with Crippen molar-refractivity contribution in [1.82, 2.24) is 19.5 Å². The lowest BCUT2D eigenvalue weighted by Crippen LogP contribution is -2.16. The van der Waals surface area contributed by atoms with Crippen molar-refractivity contribution < 1.29 is 9.18 Å². The number of pyridine rings is 1. The van der Waals surface area contributed by atoms with Crippen LogP contribution in [0.1, 0.15) is 20.9 Å². The molecule has 168 valence electrons. The number of thiazole rings is 1. The van der Waals surface area contributed by atoms with Crippen LogP contribution in [0.15, 0.2) is 85.3 Å². The molecule has 5 aromatic rings. The molecule has 0 atom stereocenters. The number of amides is 1. The number of aromatic nitrogens is 4. The summed E-state index contributed by atoms with van der Waals surface area (Å²) in [6.07, 6.45) is 3.38. The number of anilines is 1. The van der Waals surface area contributed by atoms with Crippen LogP contribution in [-0.4, -0.2) is 25.4 Å². The van der Waals surface area contributed by atoms with Gasteiger partial charge in [0, 0.05) is 11.8 Å². The van der Waals surface area contributed by atoms with E-state index in [-0.39, 0.29) is 11.7 Å². The topological polar surface area (TPSA) is 72.7 Å². The Balaban J connectivity index is 1.50. The van der Waals surface area contributed by atoms with Gasteiger partial charge in [0.25, 0.3) is 5.91 Å². The van der Waals surface area contributed by atoms with E-state index >= 15 is 0 Å². The molecule has 0 aliphatic heterocycles. The molecule has 0 saturated heterocycles. The molecule has 6 nitrogen and oxygen atoms in total. The van der Waals surface area contributed by atoms with E-state index in [4.69, 9.17) is 0 Å². The SMILES string of the molecule is Cc1nc(-c2ccccn2)sc1C(=O)Nc1c(-c2ccc(F)cc2)ncn1Cc1ccccc1. The highest BCUT2D eigenvalue weighted by atomic mass is 32.1. The summed E-state index contributed by atoms with van der Waals surface area (Å²) in [6.45, 7) is 2.32. The maximum absolute atomic E-state index is 13.5. The first-order valence-electron chi connectivity index (χ1n) is 10.6. The Labute approximate surface area is 199 Å². The van der Waals surface area contributed by atoms with E-state index in [1.165, 1.54) is 23.5 Å². The highest BCUT2D eigenvalue weighted by Gasteiger charge is 2.21. The summed E-state index contributed by atoms with van der Waals surface area (Å²) < 4.78 is 15.4. The average molecular weight is 470 g/mol. The van der Waals surface area contributed by atoms with Crippen molar-refractivity contribution in [1.29, 1.82) is 0 Å². The molecule has 1 N–H and O–H groups in total. The summed E-state index contributed by atoms with van der Waals surface area (Å²) in [7, 11) is 0. The molecule has 3 aromatic heterocycles. The third-order valence-corrected chi connectivity index (χ3v) is 6.45. The van der Waals surface area contributed by atoms with Crippen LogP contribution in [0.4, 0.5) is 10.2 Å². The average Bonchev–Trinajstić information content (AvgIpc) is 3.44. The summed E-state index contributed by atoms with van der Waals surface area (Å²) >= 11 is 1.29. The number of rotatable bonds is 6. The molecule has 8 heteroatoms. The number of nitrogens with one attached hydrogen (secondary N) is 1. The molecule has 0 aliphatic rings. The fourth-order valence-electron chi connectivity index (χ4n) is 3.60. The Kier molecular flexibility index (Phi) is 5.97. The summed E-state index contributed by atoms with van der Waals surface area (Å²) in [5.41, 5.74) is 3.68. The fraction of sp³-hybridized carbons (Fsp3) is 0.0769. The van der Waals surface area contributed by atoms with Crippen molar-refractivity contribution in [2.24, 2.45) is 0 Å². The van der Waals surface area contributed by atoms with E-state index in [1.807, 2.05) is 53.1 Å². The summed E-state index contributed by atoms with van der Waals surface area (Å²) in [5.74, 6) is -0.0802. The molecule has 0 radical (unpaired) electrons. The minimum atomic E-state index is -0.333. The normalized spacial score (nSPS) is 10.9. The zero-order valence-corrected chi connectivity index (χ0v) is 19.1. The summed E-state index contributed by atoms with van der Waals surface area (Å²) in [4.78, 5) is 27.3. The Hall–Kier alpha value is -4.17. The van der Waals surface area contributed by atoms with Crippen molar-refractivity contribution in [2.75, 3.05) is 5.32 Å². The van der Waals surface area contributed by atoms with Crippen LogP contribution in [0.5, 0.6) is 0 Å². The van der Waals surface area contributed by atoms with Crippen LogP contribution in [0, 0.1) is 12.7 Å².